The Morgan fingerprint density at radius 2 is 1.50 bits per heavy atom. The Morgan fingerprint density at radius 3 is 2.17 bits per heavy atom. The number of rotatable bonds is 4. The van der Waals surface area contributed by atoms with Crippen LogP contribution in [0.4, 0.5) is 0 Å². The molecule has 0 bridgehead atoms. The van der Waals surface area contributed by atoms with Crippen LogP contribution in [0.2, 0.25) is 0 Å². The smallest absolute Gasteiger partial charge is 0.0157 e. The summed E-state index contributed by atoms with van der Waals surface area (Å²) in [4.78, 5) is 2.77. The standard InChI is InChI=1S/C17H20S/c1-4-14-9-5-7-11-16(14)18-17-12-8-6-10-15(17)13(2)3/h5-13H,4H2,1-3H3. The van der Waals surface area contributed by atoms with Crippen molar-refractivity contribution in [3.8, 4) is 0 Å². The first kappa shape index (κ1) is 13.2. The molecule has 0 fully saturated rings. The van der Waals surface area contributed by atoms with E-state index in [0.29, 0.717) is 5.92 Å². The van der Waals surface area contributed by atoms with E-state index in [4.69, 9.17) is 0 Å². The predicted octanol–water partition coefficient (Wildman–Crippen LogP) is 5.52. The Labute approximate surface area is 114 Å². The summed E-state index contributed by atoms with van der Waals surface area (Å²) >= 11 is 1.89. The molecule has 0 saturated carbocycles. The zero-order valence-electron chi connectivity index (χ0n) is 11.3. The minimum atomic E-state index is 0.572. The fourth-order valence-electron chi connectivity index (χ4n) is 2.06. The topological polar surface area (TPSA) is 0 Å². The van der Waals surface area contributed by atoms with Crippen molar-refractivity contribution in [2.75, 3.05) is 0 Å². The minimum Gasteiger partial charge on any atom is -0.0895 e. The number of aryl methyl sites for hydroxylation is 1. The number of benzene rings is 2. The first-order valence-corrected chi connectivity index (χ1v) is 7.38. The van der Waals surface area contributed by atoms with Gasteiger partial charge in [0.05, 0.1) is 0 Å². The van der Waals surface area contributed by atoms with Gasteiger partial charge in [0.2, 0.25) is 0 Å². The van der Waals surface area contributed by atoms with E-state index in [0.717, 1.165) is 6.42 Å². The summed E-state index contributed by atoms with van der Waals surface area (Å²) in [6.45, 7) is 6.73. The lowest BCUT2D eigenvalue weighted by molar-refractivity contribution is 0.842. The van der Waals surface area contributed by atoms with Crippen molar-refractivity contribution in [2.45, 2.75) is 42.9 Å². The van der Waals surface area contributed by atoms with Crippen molar-refractivity contribution < 1.29 is 0 Å². The normalized spacial score (nSPS) is 10.9. The van der Waals surface area contributed by atoms with Crippen LogP contribution in [-0.2, 0) is 6.42 Å². The quantitative estimate of drug-likeness (QED) is 0.693. The fourth-order valence-corrected chi connectivity index (χ4v) is 3.36. The Morgan fingerprint density at radius 1 is 0.889 bits per heavy atom. The molecule has 94 valence electrons. The second kappa shape index (κ2) is 6.10. The minimum absolute atomic E-state index is 0.572. The van der Waals surface area contributed by atoms with Gasteiger partial charge in [-0.15, -0.1) is 0 Å². The second-order valence-corrected chi connectivity index (χ2v) is 5.84. The molecule has 0 spiro atoms. The zero-order chi connectivity index (χ0) is 13.0. The molecule has 0 aliphatic heterocycles. The summed E-state index contributed by atoms with van der Waals surface area (Å²) in [7, 11) is 0. The monoisotopic (exact) mass is 256 g/mol. The van der Waals surface area contributed by atoms with E-state index < -0.39 is 0 Å². The van der Waals surface area contributed by atoms with Crippen molar-refractivity contribution in [1.29, 1.82) is 0 Å². The van der Waals surface area contributed by atoms with Crippen LogP contribution in [0.1, 0.15) is 37.8 Å². The SMILES string of the molecule is CCc1ccccc1Sc1ccccc1C(C)C. The van der Waals surface area contributed by atoms with Crippen LogP contribution in [0.15, 0.2) is 58.3 Å². The average Bonchev–Trinajstić information content (AvgIpc) is 2.40. The van der Waals surface area contributed by atoms with Gasteiger partial charge in [-0.1, -0.05) is 68.9 Å². The molecular formula is C17H20S. The molecule has 0 aliphatic rings. The molecule has 0 saturated heterocycles. The van der Waals surface area contributed by atoms with Gasteiger partial charge in [-0.3, -0.25) is 0 Å². The molecule has 0 radical (unpaired) electrons. The highest BCUT2D eigenvalue weighted by atomic mass is 32.2. The maximum atomic E-state index is 2.26. The van der Waals surface area contributed by atoms with Gasteiger partial charge >= 0.3 is 0 Å². The van der Waals surface area contributed by atoms with Gasteiger partial charge in [0.15, 0.2) is 0 Å². The van der Waals surface area contributed by atoms with E-state index in [1.165, 1.54) is 20.9 Å². The zero-order valence-corrected chi connectivity index (χ0v) is 12.1. The molecule has 0 nitrogen and oxygen atoms in total. The highest BCUT2D eigenvalue weighted by Gasteiger charge is 2.08. The van der Waals surface area contributed by atoms with Crippen molar-refractivity contribution in [3.05, 3.63) is 59.7 Å². The van der Waals surface area contributed by atoms with Crippen molar-refractivity contribution in [3.63, 3.8) is 0 Å². The van der Waals surface area contributed by atoms with Crippen LogP contribution in [0.3, 0.4) is 0 Å². The summed E-state index contributed by atoms with van der Waals surface area (Å²) < 4.78 is 0. The maximum Gasteiger partial charge on any atom is 0.0157 e. The van der Waals surface area contributed by atoms with Gasteiger partial charge in [-0.2, -0.15) is 0 Å². The lowest BCUT2D eigenvalue weighted by Crippen LogP contribution is -1.91. The van der Waals surface area contributed by atoms with E-state index >= 15 is 0 Å². The summed E-state index contributed by atoms with van der Waals surface area (Å²) in [5.41, 5.74) is 2.87. The van der Waals surface area contributed by atoms with Crippen LogP contribution in [0, 0.1) is 0 Å². The van der Waals surface area contributed by atoms with Crippen LogP contribution < -0.4 is 0 Å². The number of hydrogen-bond donors (Lipinski definition) is 0. The molecule has 1 heteroatoms. The van der Waals surface area contributed by atoms with E-state index in [9.17, 15) is 0 Å². The van der Waals surface area contributed by atoms with Crippen molar-refractivity contribution >= 4 is 11.8 Å². The number of hydrogen-bond acceptors (Lipinski definition) is 1. The molecule has 0 unspecified atom stereocenters. The molecule has 2 rings (SSSR count). The molecule has 2 aromatic rings. The average molecular weight is 256 g/mol. The van der Waals surface area contributed by atoms with Crippen LogP contribution in [0.25, 0.3) is 0 Å². The predicted molar refractivity (Wildman–Crippen MR) is 80.5 cm³/mol. The molecule has 0 aliphatic carbocycles. The molecule has 0 heterocycles. The molecule has 2 aromatic carbocycles. The first-order valence-electron chi connectivity index (χ1n) is 6.57. The summed E-state index contributed by atoms with van der Waals surface area (Å²) in [5, 5.41) is 0. The Hall–Kier alpha value is -1.21. The van der Waals surface area contributed by atoms with E-state index in [2.05, 4.69) is 69.3 Å². The van der Waals surface area contributed by atoms with E-state index in [-0.39, 0.29) is 0 Å². The van der Waals surface area contributed by atoms with Gasteiger partial charge < -0.3 is 0 Å². The lowest BCUT2D eigenvalue weighted by Gasteiger charge is -2.13. The van der Waals surface area contributed by atoms with Gasteiger partial charge in [0.1, 0.15) is 0 Å². The lowest BCUT2D eigenvalue weighted by atomic mass is 10.0. The third-order valence-electron chi connectivity index (χ3n) is 3.11. The molecule has 0 N–H and O–H groups in total. The molecule has 0 aromatic heterocycles. The molecule has 0 atom stereocenters. The third-order valence-corrected chi connectivity index (χ3v) is 4.32. The fraction of sp³-hybridized carbons (Fsp3) is 0.294. The van der Waals surface area contributed by atoms with Crippen LogP contribution in [0.5, 0.6) is 0 Å². The highest BCUT2D eigenvalue weighted by molar-refractivity contribution is 7.99. The van der Waals surface area contributed by atoms with Crippen molar-refractivity contribution in [1.82, 2.24) is 0 Å². The summed E-state index contributed by atoms with van der Waals surface area (Å²) in [5.74, 6) is 0.572. The van der Waals surface area contributed by atoms with E-state index in [1.807, 2.05) is 11.8 Å². The Kier molecular flexibility index (Phi) is 4.48. The van der Waals surface area contributed by atoms with Gasteiger partial charge in [-0.05, 0) is 35.6 Å². The van der Waals surface area contributed by atoms with Gasteiger partial charge in [0, 0.05) is 9.79 Å². The third kappa shape index (κ3) is 2.97. The molecule has 0 amide bonds. The Balaban J connectivity index is 2.34. The summed E-state index contributed by atoms with van der Waals surface area (Å²) in [6, 6.07) is 17.4. The van der Waals surface area contributed by atoms with Crippen molar-refractivity contribution in [2.24, 2.45) is 0 Å². The van der Waals surface area contributed by atoms with Crippen LogP contribution >= 0.6 is 11.8 Å². The molecule has 18 heavy (non-hydrogen) atoms. The molecular weight excluding hydrogens is 236 g/mol. The van der Waals surface area contributed by atoms with E-state index in [1.54, 1.807) is 0 Å². The van der Waals surface area contributed by atoms with Crippen LogP contribution in [-0.4, -0.2) is 0 Å². The Bertz CT molecular complexity index is 515. The maximum absolute atomic E-state index is 2.26. The first-order chi connectivity index (χ1) is 8.72. The van der Waals surface area contributed by atoms with Gasteiger partial charge in [-0.25, -0.2) is 0 Å². The largest absolute Gasteiger partial charge is 0.0895 e. The second-order valence-electron chi connectivity index (χ2n) is 4.76. The van der Waals surface area contributed by atoms with Gasteiger partial charge in [0.25, 0.3) is 0 Å². The summed E-state index contributed by atoms with van der Waals surface area (Å²) in [6.07, 6.45) is 1.09. The highest BCUT2D eigenvalue weighted by Crippen LogP contribution is 2.35.